The Labute approximate surface area is 115 Å². The average molecular weight is 310 g/mol. The Morgan fingerprint density at radius 2 is 1.94 bits per heavy atom. The highest BCUT2D eigenvalue weighted by molar-refractivity contribution is 9.10. The van der Waals surface area contributed by atoms with Crippen LogP contribution in [0.4, 0.5) is 0 Å². The number of hydrogen-bond donors (Lipinski definition) is 1. The standard InChI is InChI=1S/C14H16BrNO2/c1-16-12(13-7-8-14(15)18-13)9-10-3-5-11(17-2)6-4-10/h3-8,12,16H,9H2,1-2H3. The summed E-state index contributed by atoms with van der Waals surface area (Å²) in [4.78, 5) is 0. The van der Waals surface area contributed by atoms with Crippen LogP contribution in [-0.4, -0.2) is 14.2 Å². The number of ether oxygens (including phenoxy) is 1. The van der Waals surface area contributed by atoms with E-state index in [0.717, 1.165) is 22.6 Å². The molecule has 0 aliphatic heterocycles. The first-order chi connectivity index (χ1) is 8.72. The lowest BCUT2D eigenvalue weighted by molar-refractivity contribution is 0.412. The van der Waals surface area contributed by atoms with Crippen molar-refractivity contribution in [2.75, 3.05) is 14.2 Å². The summed E-state index contributed by atoms with van der Waals surface area (Å²) in [7, 11) is 3.61. The van der Waals surface area contributed by atoms with E-state index in [1.54, 1.807) is 7.11 Å². The molecule has 2 rings (SSSR count). The fourth-order valence-electron chi connectivity index (χ4n) is 1.86. The van der Waals surface area contributed by atoms with Crippen molar-refractivity contribution >= 4 is 15.9 Å². The van der Waals surface area contributed by atoms with Gasteiger partial charge < -0.3 is 14.5 Å². The second-order valence-corrected chi connectivity index (χ2v) is 4.82. The molecule has 18 heavy (non-hydrogen) atoms. The lowest BCUT2D eigenvalue weighted by Gasteiger charge is -2.13. The van der Waals surface area contributed by atoms with Crippen molar-refractivity contribution in [3.05, 3.63) is 52.4 Å². The molecule has 0 bridgehead atoms. The van der Waals surface area contributed by atoms with Crippen molar-refractivity contribution in [2.45, 2.75) is 12.5 Å². The first kappa shape index (κ1) is 13.2. The number of hydrogen-bond acceptors (Lipinski definition) is 3. The third-order valence-corrected chi connectivity index (χ3v) is 3.31. The van der Waals surface area contributed by atoms with Crippen LogP contribution in [0, 0.1) is 0 Å². The Morgan fingerprint density at radius 1 is 1.22 bits per heavy atom. The maximum Gasteiger partial charge on any atom is 0.169 e. The predicted octanol–water partition coefficient (Wildman–Crippen LogP) is 3.55. The lowest BCUT2D eigenvalue weighted by atomic mass is 10.0. The number of halogens is 1. The van der Waals surface area contributed by atoms with Gasteiger partial charge in [0.2, 0.25) is 0 Å². The topological polar surface area (TPSA) is 34.4 Å². The molecule has 4 heteroatoms. The van der Waals surface area contributed by atoms with Crippen LogP contribution in [0.3, 0.4) is 0 Å². The number of benzene rings is 1. The summed E-state index contributed by atoms with van der Waals surface area (Å²) < 4.78 is 11.5. The second-order valence-electron chi connectivity index (χ2n) is 4.04. The van der Waals surface area contributed by atoms with E-state index in [1.165, 1.54) is 5.56 Å². The molecule has 96 valence electrons. The van der Waals surface area contributed by atoms with Crippen molar-refractivity contribution in [3.63, 3.8) is 0 Å². The first-order valence-corrected chi connectivity index (χ1v) is 6.57. The van der Waals surface area contributed by atoms with E-state index in [0.29, 0.717) is 0 Å². The fraction of sp³-hybridized carbons (Fsp3) is 0.286. The van der Waals surface area contributed by atoms with Gasteiger partial charge in [-0.3, -0.25) is 0 Å². The van der Waals surface area contributed by atoms with Gasteiger partial charge in [-0.2, -0.15) is 0 Å². The molecule has 1 aromatic carbocycles. The van der Waals surface area contributed by atoms with E-state index in [2.05, 4.69) is 33.4 Å². The van der Waals surface area contributed by atoms with Gasteiger partial charge in [-0.1, -0.05) is 12.1 Å². The van der Waals surface area contributed by atoms with Crippen molar-refractivity contribution in [3.8, 4) is 5.75 Å². The number of nitrogens with one attached hydrogen (secondary N) is 1. The third kappa shape index (κ3) is 3.15. The minimum atomic E-state index is 0.171. The van der Waals surface area contributed by atoms with E-state index < -0.39 is 0 Å². The van der Waals surface area contributed by atoms with Gasteiger partial charge in [0, 0.05) is 0 Å². The zero-order valence-corrected chi connectivity index (χ0v) is 12.0. The van der Waals surface area contributed by atoms with Crippen LogP contribution in [-0.2, 0) is 6.42 Å². The van der Waals surface area contributed by atoms with Gasteiger partial charge >= 0.3 is 0 Å². The van der Waals surface area contributed by atoms with Gasteiger partial charge in [-0.05, 0) is 59.2 Å². The van der Waals surface area contributed by atoms with Gasteiger partial charge in [0.1, 0.15) is 11.5 Å². The highest BCUT2D eigenvalue weighted by atomic mass is 79.9. The molecule has 1 heterocycles. The zero-order chi connectivity index (χ0) is 13.0. The molecule has 0 aliphatic rings. The van der Waals surface area contributed by atoms with Crippen molar-refractivity contribution < 1.29 is 9.15 Å². The van der Waals surface area contributed by atoms with Gasteiger partial charge in [0.25, 0.3) is 0 Å². The predicted molar refractivity (Wildman–Crippen MR) is 74.9 cm³/mol. The highest BCUT2D eigenvalue weighted by Gasteiger charge is 2.14. The summed E-state index contributed by atoms with van der Waals surface area (Å²) in [5, 5.41) is 3.26. The van der Waals surface area contributed by atoms with Crippen LogP contribution in [0.2, 0.25) is 0 Å². The molecule has 1 aromatic heterocycles. The summed E-state index contributed by atoms with van der Waals surface area (Å²) >= 11 is 3.32. The Balaban J connectivity index is 2.10. The Hall–Kier alpha value is -1.26. The minimum absolute atomic E-state index is 0.171. The van der Waals surface area contributed by atoms with Gasteiger partial charge in [-0.25, -0.2) is 0 Å². The van der Waals surface area contributed by atoms with E-state index in [-0.39, 0.29) is 6.04 Å². The first-order valence-electron chi connectivity index (χ1n) is 5.78. The monoisotopic (exact) mass is 309 g/mol. The summed E-state index contributed by atoms with van der Waals surface area (Å²) in [6, 6.07) is 12.1. The molecule has 2 aromatic rings. The number of rotatable bonds is 5. The molecular weight excluding hydrogens is 294 g/mol. The lowest BCUT2D eigenvalue weighted by Crippen LogP contribution is -2.18. The Kier molecular flexibility index (Phi) is 4.44. The third-order valence-electron chi connectivity index (χ3n) is 2.88. The van der Waals surface area contributed by atoms with Crippen molar-refractivity contribution in [2.24, 2.45) is 0 Å². The molecule has 1 N–H and O–H groups in total. The molecule has 1 unspecified atom stereocenters. The summed E-state index contributed by atoms with van der Waals surface area (Å²) in [6.45, 7) is 0. The maximum absolute atomic E-state index is 5.58. The summed E-state index contributed by atoms with van der Waals surface area (Å²) in [5.41, 5.74) is 1.24. The summed E-state index contributed by atoms with van der Waals surface area (Å²) in [5.74, 6) is 1.81. The molecule has 0 aliphatic carbocycles. The van der Waals surface area contributed by atoms with Gasteiger partial charge in [0.15, 0.2) is 4.67 Å². The van der Waals surface area contributed by atoms with Crippen LogP contribution in [0.1, 0.15) is 17.4 Å². The molecule has 0 saturated carbocycles. The molecule has 0 amide bonds. The average Bonchev–Trinajstić information content (AvgIpc) is 2.83. The van der Waals surface area contributed by atoms with E-state index >= 15 is 0 Å². The molecule has 0 fully saturated rings. The second kappa shape index (κ2) is 6.07. The van der Waals surface area contributed by atoms with Crippen LogP contribution >= 0.6 is 15.9 Å². The smallest absolute Gasteiger partial charge is 0.169 e. The SMILES string of the molecule is CNC(Cc1ccc(OC)cc1)c1ccc(Br)o1. The molecule has 0 radical (unpaired) electrons. The molecule has 0 spiro atoms. The zero-order valence-electron chi connectivity index (χ0n) is 10.4. The van der Waals surface area contributed by atoms with E-state index in [1.807, 2.05) is 31.3 Å². The van der Waals surface area contributed by atoms with Gasteiger partial charge in [-0.15, -0.1) is 0 Å². The van der Waals surface area contributed by atoms with Crippen LogP contribution in [0.25, 0.3) is 0 Å². The molecule has 3 nitrogen and oxygen atoms in total. The van der Waals surface area contributed by atoms with Crippen LogP contribution in [0.5, 0.6) is 5.75 Å². The number of likely N-dealkylation sites (N-methyl/N-ethyl adjacent to an activating group) is 1. The quantitative estimate of drug-likeness (QED) is 0.917. The Bertz CT molecular complexity index is 493. The number of furan rings is 1. The number of methoxy groups -OCH3 is 1. The van der Waals surface area contributed by atoms with E-state index in [4.69, 9.17) is 9.15 Å². The minimum Gasteiger partial charge on any atom is -0.497 e. The fourth-order valence-corrected chi connectivity index (χ4v) is 2.18. The van der Waals surface area contributed by atoms with Crippen molar-refractivity contribution in [1.82, 2.24) is 5.32 Å². The summed E-state index contributed by atoms with van der Waals surface area (Å²) in [6.07, 6.45) is 0.875. The molecule has 1 atom stereocenters. The largest absolute Gasteiger partial charge is 0.497 e. The van der Waals surface area contributed by atoms with Crippen LogP contribution in [0.15, 0.2) is 45.5 Å². The van der Waals surface area contributed by atoms with E-state index in [9.17, 15) is 0 Å². The van der Waals surface area contributed by atoms with Crippen LogP contribution < -0.4 is 10.1 Å². The van der Waals surface area contributed by atoms with Crippen molar-refractivity contribution in [1.29, 1.82) is 0 Å². The maximum atomic E-state index is 5.58. The highest BCUT2D eigenvalue weighted by Crippen LogP contribution is 2.24. The van der Waals surface area contributed by atoms with Gasteiger partial charge in [0.05, 0.1) is 13.2 Å². The molecule has 0 saturated heterocycles. The normalized spacial score (nSPS) is 12.4. The molecular formula is C14H16BrNO2. The Morgan fingerprint density at radius 3 is 2.44 bits per heavy atom.